The van der Waals surface area contributed by atoms with Crippen LogP contribution in [-0.4, -0.2) is 36.6 Å². The van der Waals surface area contributed by atoms with Gasteiger partial charge in [-0.15, -0.1) is 0 Å². The second kappa shape index (κ2) is 10.5. The van der Waals surface area contributed by atoms with E-state index in [9.17, 15) is 0 Å². The molecule has 0 saturated heterocycles. The van der Waals surface area contributed by atoms with E-state index in [1.54, 1.807) is 5.57 Å². The fraction of sp³-hybridized carbons (Fsp3) is 0.480. The van der Waals surface area contributed by atoms with Crippen LogP contribution in [0.1, 0.15) is 61.8 Å². The minimum Gasteiger partial charge on any atom is -0.330 e. The lowest BCUT2D eigenvalue weighted by atomic mass is 9.89. The molecule has 0 fully saturated rings. The normalized spacial score (nSPS) is 14.6. The Kier molecular flexibility index (Phi) is 7.81. The average Bonchev–Trinajstić information content (AvgIpc) is 3.10. The van der Waals surface area contributed by atoms with Gasteiger partial charge in [-0.25, -0.2) is 0 Å². The molecule has 150 valence electrons. The van der Waals surface area contributed by atoms with Crippen molar-refractivity contribution in [3.63, 3.8) is 0 Å². The van der Waals surface area contributed by atoms with Gasteiger partial charge in [0.2, 0.25) is 0 Å². The van der Waals surface area contributed by atoms with Gasteiger partial charge in [-0.3, -0.25) is 4.98 Å². The van der Waals surface area contributed by atoms with E-state index in [-0.39, 0.29) is 0 Å². The van der Waals surface area contributed by atoms with Gasteiger partial charge in [0.15, 0.2) is 0 Å². The minimum absolute atomic E-state index is 0.335. The number of benzene rings is 1. The molecule has 0 bridgehead atoms. The number of hydrogen-bond acceptors (Lipinski definition) is 3. The molecule has 0 aliphatic heterocycles. The molecule has 3 rings (SSSR count). The van der Waals surface area contributed by atoms with Gasteiger partial charge >= 0.3 is 0 Å². The monoisotopic (exact) mass is 377 g/mol. The molecule has 2 N–H and O–H groups in total. The molecule has 0 radical (unpaired) electrons. The van der Waals surface area contributed by atoms with E-state index in [4.69, 9.17) is 5.73 Å². The number of pyridine rings is 1. The molecule has 1 atom stereocenters. The van der Waals surface area contributed by atoms with Crippen LogP contribution in [0.15, 0.2) is 54.2 Å². The van der Waals surface area contributed by atoms with Crippen LogP contribution in [0.4, 0.5) is 0 Å². The van der Waals surface area contributed by atoms with E-state index in [1.807, 2.05) is 12.3 Å². The molecule has 1 unspecified atom stereocenters. The Hall–Kier alpha value is -1.97. The zero-order valence-electron chi connectivity index (χ0n) is 17.5. The van der Waals surface area contributed by atoms with E-state index in [1.165, 1.54) is 48.2 Å². The average molecular weight is 378 g/mol. The zero-order chi connectivity index (χ0) is 19.8. The summed E-state index contributed by atoms with van der Waals surface area (Å²) in [5.41, 5.74) is 12.8. The Morgan fingerprint density at radius 2 is 1.79 bits per heavy atom. The third-order valence-corrected chi connectivity index (χ3v) is 5.95. The van der Waals surface area contributed by atoms with Crippen LogP contribution in [0.2, 0.25) is 0 Å². The highest BCUT2D eigenvalue weighted by molar-refractivity contribution is 5.80. The van der Waals surface area contributed by atoms with Crippen LogP contribution in [0.5, 0.6) is 0 Å². The smallest absolute Gasteiger partial charge is 0.0475 e. The fourth-order valence-electron chi connectivity index (χ4n) is 4.31. The maximum atomic E-state index is 5.58. The second-order valence-corrected chi connectivity index (χ2v) is 8.08. The molecule has 1 aliphatic rings. The number of hydrogen-bond donors (Lipinski definition) is 1. The van der Waals surface area contributed by atoms with Crippen LogP contribution in [-0.2, 0) is 6.42 Å². The number of allylic oxidation sites excluding steroid dienone is 1. The first kappa shape index (κ1) is 20.8. The first-order valence-corrected chi connectivity index (χ1v) is 10.8. The SMILES string of the molecule is CC(C1=C(CCN(C)CCCCCCN)Cc2ccccc21)c1ccccn1. The van der Waals surface area contributed by atoms with Crippen LogP contribution in [0.3, 0.4) is 0 Å². The predicted molar refractivity (Wildman–Crippen MR) is 119 cm³/mol. The number of aromatic nitrogens is 1. The van der Waals surface area contributed by atoms with Gasteiger partial charge in [-0.1, -0.05) is 55.7 Å². The van der Waals surface area contributed by atoms with Crippen molar-refractivity contribution in [2.75, 3.05) is 26.7 Å². The lowest BCUT2D eigenvalue weighted by Gasteiger charge is -2.20. The minimum atomic E-state index is 0.335. The van der Waals surface area contributed by atoms with Crippen molar-refractivity contribution >= 4 is 5.57 Å². The predicted octanol–water partition coefficient (Wildman–Crippen LogP) is 5.04. The van der Waals surface area contributed by atoms with Crippen molar-refractivity contribution in [1.29, 1.82) is 0 Å². The number of fused-ring (bicyclic) bond motifs is 1. The zero-order valence-corrected chi connectivity index (χ0v) is 17.5. The summed E-state index contributed by atoms with van der Waals surface area (Å²) in [4.78, 5) is 7.12. The summed E-state index contributed by atoms with van der Waals surface area (Å²) in [6, 6.07) is 15.2. The molecule has 1 aliphatic carbocycles. The van der Waals surface area contributed by atoms with Crippen LogP contribution in [0.25, 0.3) is 5.57 Å². The van der Waals surface area contributed by atoms with Crippen molar-refractivity contribution in [1.82, 2.24) is 9.88 Å². The van der Waals surface area contributed by atoms with Crippen molar-refractivity contribution in [2.24, 2.45) is 5.73 Å². The molecule has 0 amide bonds. The van der Waals surface area contributed by atoms with Gasteiger partial charge in [0, 0.05) is 24.4 Å². The van der Waals surface area contributed by atoms with Gasteiger partial charge in [0.1, 0.15) is 0 Å². The van der Waals surface area contributed by atoms with Crippen molar-refractivity contribution in [3.8, 4) is 0 Å². The topological polar surface area (TPSA) is 42.1 Å². The van der Waals surface area contributed by atoms with Gasteiger partial charge in [0.25, 0.3) is 0 Å². The second-order valence-electron chi connectivity index (χ2n) is 8.08. The third-order valence-electron chi connectivity index (χ3n) is 5.95. The van der Waals surface area contributed by atoms with Crippen molar-refractivity contribution < 1.29 is 0 Å². The molecule has 0 saturated carbocycles. The molecule has 1 heterocycles. The Morgan fingerprint density at radius 1 is 1.00 bits per heavy atom. The quantitative estimate of drug-likeness (QED) is 0.558. The van der Waals surface area contributed by atoms with Crippen molar-refractivity contribution in [2.45, 2.75) is 51.4 Å². The molecule has 2 aromatic rings. The summed E-state index contributed by atoms with van der Waals surface area (Å²) in [6.45, 7) is 5.43. The first-order chi connectivity index (χ1) is 13.7. The van der Waals surface area contributed by atoms with Gasteiger partial charge < -0.3 is 10.6 Å². The molecule has 1 aromatic carbocycles. The molecule has 3 nitrogen and oxygen atoms in total. The van der Waals surface area contributed by atoms with E-state index in [0.717, 1.165) is 32.4 Å². The number of nitrogens with two attached hydrogens (primary N) is 1. The highest BCUT2D eigenvalue weighted by atomic mass is 15.1. The summed E-state index contributed by atoms with van der Waals surface area (Å²) in [7, 11) is 2.26. The first-order valence-electron chi connectivity index (χ1n) is 10.8. The lowest BCUT2D eigenvalue weighted by Crippen LogP contribution is -2.21. The lowest BCUT2D eigenvalue weighted by molar-refractivity contribution is 0.327. The summed E-state index contributed by atoms with van der Waals surface area (Å²) in [5, 5.41) is 0. The molecule has 3 heteroatoms. The Balaban J connectivity index is 1.67. The van der Waals surface area contributed by atoms with Gasteiger partial charge in [-0.05, 0) is 74.7 Å². The van der Waals surface area contributed by atoms with Gasteiger partial charge in [0.05, 0.1) is 0 Å². The number of nitrogens with zero attached hydrogens (tertiary/aromatic N) is 2. The van der Waals surface area contributed by atoms with E-state index < -0.39 is 0 Å². The Bertz CT molecular complexity index is 766. The highest BCUT2D eigenvalue weighted by Crippen LogP contribution is 2.42. The number of rotatable bonds is 11. The van der Waals surface area contributed by atoms with Crippen LogP contribution < -0.4 is 5.73 Å². The molecule has 0 spiro atoms. The molecular weight excluding hydrogens is 342 g/mol. The maximum absolute atomic E-state index is 5.58. The number of unbranched alkanes of at least 4 members (excludes halogenated alkanes) is 3. The van der Waals surface area contributed by atoms with Crippen molar-refractivity contribution in [3.05, 3.63) is 71.1 Å². The summed E-state index contributed by atoms with van der Waals surface area (Å²) in [5.74, 6) is 0.335. The van der Waals surface area contributed by atoms with Crippen LogP contribution >= 0.6 is 0 Å². The Morgan fingerprint density at radius 3 is 2.57 bits per heavy atom. The molecule has 28 heavy (non-hydrogen) atoms. The maximum Gasteiger partial charge on any atom is 0.0475 e. The van der Waals surface area contributed by atoms with E-state index >= 15 is 0 Å². The third kappa shape index (κ3) is 5.30. The summed E-state index contributed by atoms with van der Waals surface area (Å²) < 4.78 is 0. The highest BCUT2D eigenvalue weighted by Gasteiger charge is 2.26. The van der Waals surface area contributed by atoms with E-state index in [0.29, 0.717) is 5.92 Å². The summed E-state index contributed by atoms with van der Waals surface area (Å²) in [6.07, 6.45) is 9.11. The molecular formula is C25H35N3. The molecule has 1 aromatic heterocycles. The van der Waals surface area contributed by atoms with Gasteiger partial charge in [-0.2, -0.15) is 0 Å². The van der Waals surface area contributed by atoms with Crippen LogP contribution in [0, 0.1) is 0 Å². The fourth-order valence-corrected chi connectivity index (χ4v) is 4.31. The largest absolute Gasteiger partial charge is 0.330 e. The standard InChI is InChI=1S/C25H35N3/c1-20(24-13-7-9-16-27-24)25-22(19-21-11-5-6-12-23(21)25)14-18-28(2)17-10-4-3-8-15-26/h5-7,9,11-13,16,20H,3-4,8,10,14-15,17-19,26H2,1-2H3. The summed E-state index contributed by atoms with van der Waals surface area (Å²) >= 11 is 0. The van der Waals surface area contributed by atoms with E-state index in [2.05, 4.69) is 60.3 Å². The Labute approximate surface area is 170 Å².